The van der Waals surface area contributed by atoms with Crippen LogP contribution in [0.2, 0.25) is 5.02 Å². The molecule has 5 heteroatoms. The predicted molar refractivity (Wildman–Crippen MR) is 98.5 cm³/mol. The van der Waals surface area contributed by atoms with Gasteiger partial charge in [0.05, 0.1) is 0 Å². The lowest BCUT2D eigenvalue weighted by molar-refractivity contribution is 0.219. The summed E-state index contributed by atoms with van der Waals surface area (Å²) < 4.78 is 1.04. The molecule has 0 aromatic heterocycles. The van der Waals surface area contributed by atoms with Gasteiger partial charge in [-0.25, -0.2) is 0 Å². The van der Waals surface area contributed by atoms with Crippen LogP contribution in [0.3, 0.4) is 0 Å². The quantitative estimate of drug-likeness (QED) is 0.764. The number of hydrogen-bond donors (Lipinski definition) is 1. The van der Waals surface area contributed by atoms with Crippen molar-refractivity contribution in [3.63, 3.8) is 0 Å². The first-order valence-corrected chi connectivity index (χ1v) is 9.94. The second kappa shape index (κ2) is 8.78. The molecule has 1 aromatic rings. The summed E-state index contributed by atoms with van der Waals surface area (Å²) >= 11 is 12.0. The molecule has 1 aliphatic heterocycles. The summed E-state index contributed by atoms with van der Waals surface area (Å²) in [5.74, 6) is 2.51. The molecular weight excluding hydrogens is 368 g/mol. The van der Waals surface area contributed by atoms with E-state index in [1.807, 2.05) is 6.07 Å². The number of rotatable bonds is 6. The molecule has 118 valence electrons. The molecule has 0 amide bonds. The standard InChI is InChI=1S/C16H24BrClN2S/c1-3-19-16(14-5-4-13(17)10-15(14)18)6-7-20-8-9-21-11-12(20)2/h4-5,10,12,16,19H,3,6-9,11H2,1-2H3. The molecule has 2 atom stereocenters. The van der Waals surface area contributed by atoms with Gasteiger partial charge in [0, 0.05) is 46.2 Å². The maximum absolute atomic E-state index is 6.42. The van der Waals surface area contributed by atoms with Gasteiger partial charge >= 0.3 is 0 Å². The van der Waals surface area contributed by atoms with Gasteiger partial charge in [-0.2, -0.15) is 11.8 Å². The first-order valence-electron chi connectivity index (χ1n) is 7.62. The molecule has 2 nitrogen and oxygen atoms in total. The average molecular weight is 392 g/mol. The van der Waals surface area contributed by atoms with Gasteiger partial charge < -0.3 is 5.32 Å². The Balaban J connectivity index is 2.01. The van der Waals surface area contributed by atoms with Gasteiger partial charge in [0.1, 0.15) is 0 Å². The molecule has 1 aliphatic rings. The normalized spacial score (nSPS) is 21.4. The Morgan fingerprint density at radius 1 is 1.52 bits per heavy atom. The fraction of sp³-hybridized carbons (Fsp3) is 0.625. The minimum absolute atomic E-state index is 0.331. The maximum Gasteiger partial charge on any atom is 0.0465 e. The number of halogens is 2. The lowest BCUT2D eigenvalue weighted by Gasteiger charge is -2.34. The highest BCUT2D eigenvalue weighted by molar-refractivity contribution is 9.10. The van der Waals surface area contributed by atoms with Crippen molar-refractivity contribution in [2.75, 3.05) is 31.1 Å². The molecule has 2 rings (SSSR count). The highest BCUT2D eigenvalue weighted by Crippen LogP contribution is 2.29. The van der Waals surface area contributed by atoms with Gasteiger partial charge in [0.25, 0.3) is 0 Å². The molecule has 21 heavy (non-hydrogen) atoms. The summed E-state index contributed by atoms with van der Waals surface area (Å²) in [4.78, 5) is 2.60. The van der Waals surface area contributed by atoms with Crippen molar-refractivity contribution in [2.45, 2.75) is 32.4 Å². The molecule has 1 N–H and O–H groups in total. The monoisotopic (exact) mass is 390 g/mol. The first-order chi connectivity index (χ1) is 10.1. The zero-order valence-corrected chi connectivity index (χ0v) is 15.9. The Morgan fingerprint density at radius 3 is 3.00 bits per heavy atom. The predicted octanol–water partition coefficient (Wildman–Crippen LogP) is 4.58. The number of hydrogen-bond acceptors (Lipinski definition) is 3. The lowest BCUT2D eigenvalue weighted by Crippen LogP contribution is -2.41. The lowest BCUT2D eigenvalue weighted by atomic mass is 10.0. The summed E-state index contributed by atoms with van der Waals surface area (Å²) in [6.45, 7) is 7.79. The van der Waals surface area contributed by atoms with Crippen molar-refractivity contribution in [2.24, 2.45) is 0 Å². The van der Waals surface area contributed by atoms with Crippen molar-refractivity contribution >= 4 is 39.3 Å². The van der Waals surface area contributed by atoms with E-state index in [9.17, 15) is 0 Å². The number of thioether (sulfide) groups is 1. The Kier molecular flexibility index (Phi) is 7.36. The van der Waals surface area contributed by atoms with Gasteiger partial charge in [-0.3, -0.25) is 4.90 Å². The Morgan fingerprint density at radius 2 is 2.33 bits per heavy atom. The molecule has 1 fully saturated rings. The zero-order chi connectivity index (χ0) is 15.2. The summed E-state index contributed by atoms with van der Waals surface area (Å²) in [7, 11) is 0. The Hall–Kier alpha value is 0.260. The fourth-order valence-electron chi connectivity index (χ4n) is 2.79. The fourth-order valence-corrected chi connectivity index (χ4v) is 4.67. The zero-order valence-electron chi connectivity index (χ0n) is 12.7. The minimum Gasteiger partial charge on any atom is -0.310 e. The highest BCUT2D eigenvalue weighted by atomic mass is 79.9. The van der Waals surface area contributed by atoms with Crippen molar-refractivity contribution in [3.8, 4) is 0 Å². The van der Waals surface area contributed by atoms with Crippen LogP contribution in [-0.2, 0) is 0 Å². The molecule has 2 unspecified atom stereocenters. The minimum atomic E-state index is 0.331. The molecule has 1 aromatic carbocycles. The molecule has 0 aliphatic carbocycles. The van der Waals surface area contributed by atoms with Gasteiger partial charge in [-0.1, -0.05) is 40.5 Å². The van der Waals surface area contributed by atoms with Crippen LogP contribution >= 0.6 is 39.3 Å². The first kappa shape index (κ1) is 17.6. The number of nitrogens with one attached hydrogen (secondary N) is 1. The van der Waals surface area contributed by atoms with E-state index in [1.54, 1.807) is 0 Å². The van der Waals surface area contributed by atoms with Crippen LogP contribution in [-0.4, -0.2) is 42.1 Å². The molecule has 0 bridgehead atoms. The van der Waals surface area contributed by atoms with Crippen molar-refractivity contribution in [1.82, 2.24) is 10.2 Å². The molecule has 0 saturated carbocycles. The van der Waals surface area contributed by atoms with E-state index in [1.165, 1.54) is 23.6 Å². The topological polar surface area (TPSA) is 15.3 Å². The van der Waals surface area contributed by atoms with Gasteiger partial charge in [-0.15, -0.1) is 0 Å². The SMILES string of the molecule is CCNC(CCN1CCSCC1C)c1ccc(Br)cc1Cl. The number of benzene rings is 1. The van der Waals surface area contributed by atoms with Crippen LogP contribution in [0.4, 0.5) is 0 Å². The third kappa shape index (κ3) is 5.14. The largest absolute Gasteiger partial charge is 0.310 e. The van der Waals surface area contributed by atoms with Crippen LogP contribution < -0.4 is 5.32 Å². The smallest absolute Gasteiger partial charge is 0.0465 e. The molecule has 0 radical (unpaired) electrons. The maximum atomic E-state index is 6.42. The van der Waals surface area contributed by atoms with E-state index >= 15 is 0 Å². The third-order valence-electron chi connectivity index (χ3n) is 4.00. The van der Waals surface area contributed by atoms with E-state index in [0.717, 1.165) is 29.0 Å². The van der Waals surface area contributed by atoms with Crippen LogP contribution in [0.1, 0.15) is 31.9 Å². The summed E-state index contributed by atoms with van der Waals surface area (Å²) in [5.41, 5.74) is 1.21. The van der Waals surface area contributed by atoms with E-state index in [2.05, 4.69) is 63.9 Å². The Labute approximate surface area is 146 Å². The second-order valence-electron chi connectivity index (χ2n) is 5.52. The summed E-state index contributed by atoms with van der Waals surface area (Å²) in [6, 6.07) is 7.21. The van der Waals surface area contributed by atoms with Crippen LogP contribution in [0.5, 0.6) is 0 Å². The van der Waals surface area contributed by atoms with Crippen LogP contribution in [0.15, 0.2) is 22.7 Å². The van der Waals surface area contributed by atoms with Crippen LogP contribution in [0, 0.1) is 0 Å². The summed E-state index contributed by atoms with van der Waals surface area (Å²) in [6.07, 6.45) is 1.10. The Bertz CT molecular complexity index is 458. The second-order valence-corrected chi connectivity index (χ2v) is 8.00. The van der Waals surface area contributed by atoms with Crippen LogP contribution in [0.25, 0.3) is 0 Å². The third-order valence-corrected chi connectivity index (χ3v) is 6.01. The van der Waals surface area contributed by atoms with Crippen molar-refractivity contribution in [1.29, 1.82) is 0 Å². The van der Waals surface area contributed by atoms with Gasteiger partial charge in [-0.05, 0) is 37.6 Å². The van der Waals surface area contributed by atoms with E-state index in [-0.39, 0.29) is 0 Å². The number of nitrogens with zero attached hydrogens (tertiary/aromatic N) is 1. The van der Waals surface area contributed by atoms with Gasteiger partial charge in [0.15, 0.2) is 0 Å². The molecule has 1 heterocycles. The van der Waals surface area contributed by atoms with E-state index in [4.69, 9.17) is 11.6 Å². The molecular formula is C16H24BrClN2S. The van der Waals surface area contributed by atoms with Gasteiger partial charge in [0.2, 0.25) is 0 Å². The highest BCUT2D eigenvalue weighted by Gasteiger charge is 2.21. The van der Waals surface area contributed by atoms with Crippen molar-refractivity contribution < 1.29 is 0 Å². The molecule has 1 saturated heterocycles. The molecule has 0 spiro atoms. The summed E-state index contributed by atoms with van der Waals surface area (Å²) in [5, 5.41) is 4.43. The average Bonchev–Trinajstić information content (AvgIpc) is 2.45. The van der Waals surface area contributed by atoms with E-state index in [0.29, 0.717) is 12.1 Å². The van der Waals surface area contributed by atoms with E-state index < -0.39 is 0 Å². The van der Waals surface area contributed by atoms with Crippen molar-refractivity contribution in [3.05, 3.63) is 33.3 Å².